The fraction of sp³-hybridized carbons (Fsp3) is 0.250. The van der Waals surface area contributed by atoms with Crippen LogP contribution in [0.4, 0.5) is 0 Å². The van der Waals surface area contributed by atoms with Crippen LogP contribution < -0.4 is 11.3 Å². The van der Waals surface area contributed by atoms with Gasteiger partial charge >= 0.3 is 0 Å². The van der Waals surface area contributed by atoms with Gasteiger partial charge in [0.05, 0.1) is 17.6 Å². The molecular weight excluding hydrogens is 264 g/mol. The van der Waals surface area contributed by atoms with Crippen molar-refractivity contribution in [3.8, 4) is 0 Å². The van der Waals surface area contributed by atoms with E-state index in [9.17, 15) is 4.79 Å². The molecule has 0 aliphatic rings. The number of amides is 1. The maximum Gasteiger partial charge on any atom is 0.268 e. The number of nitrogens with zero attached hydrogens (tertiary/aromatic N) is 2. The van der Waals surface area contributed by atoms with Gasteiger partial charge in [-0.15, -0.1) is 0 Å². The summed E-state index contributed by atoms with van der Waals surface area (Å²) in [6, 6.07) is 3.49. The van der Waals surface area contributed by atoms with E-state index in [0.717, 1.165) is 11.4 Å². The zero-order valence-corrected chi connectivity index (χ0v) is 11.5. The van der Waals surface area contributed by atoms with Gasteiger partial charge in [-0.3, -0.25) is 10.2 Å². The van der Waals surface area contributed by atoms with Crippen molar-refractivity contribution in [2.75, 3.05) is 0 Å². The quantitative estimate of drug-likeness (QED) is 0.290. The normalized spacial score (nSPS) is 10.5. The molecule has 0 saturated carbocycles. The summed E-state index contributed by atoms with van der Waals surface area (Å²) in [6.07, 6.45) is 1.46. The summed E-state index contributed by atoms with van der Waals surface area (Å²) < 4.78 is 5.28. The van der Waals surface area contributed by atoms with Crippen molar-refractivity contribution in [3.05, 3.63) is 41.1 Å². The van der Waals surface area contributed by atoms with Crippen molar-refractivity contribution in [2.45, 2.75) is 24.8 Å². The number of nitrogen functional groups attached to an aromatic ring is 1. The molecule has 6 nitrogen and oxygen atoms in total. The average Bonchev–Trinajstić information content (AvgIpc) is 2.82. The fourth-order valence-electron chi connectivity index (χ4n) is 1.62. The van der Waals surface area contributed by atoms with Gasteiger partial charge in [0.1, 0.15) is 5.76 Å². The number of hydrogen-bond donors (Lipinski definition) is 2. The maximum absolute atomic E-state index is 11.5. The lowest BCUT2D eigenvalue weighted by Gasteiger charge is -2.03. The Morgan fingerprint density at radius 3 is 2.74 bits per heavy atom. The van der Waals surface area contributed by atoms with Crippen molar-refractivity contribution in [2.24, 2.45) is 5.84 Å². The molecule has 19 heavy (non-hydrogen) atoms. The number of carbonyl (C=O) groups is 1. The maximum atomic E-state index is 11.5. The Hall–Kier alpha value is -1.86. The van der Waals surface area contributed by atoms with Crippen LogP contribution in [0.2, 0.25) is 0 Å². The van der Waals surface area contributed by atoms with Gasteiger partial charge in [0.15, 0.2) is 5.16 Å². The molecule has 100 valence electrons. The largest absolute Gasteiger partial charge is 0.468 e. The monoisotopic (exact) mass is 278 g/mol. The van der Waals surface area contributed by atoms with E-state index in [4.69, 9.17) is 10.3 Å². The van der Waals surface area contributed by atoms with E-state index in [0.29, 0.717) is 22.2 Å². The van der Waals surface area contributed by atoms with E-state index >= 15 is 0 Å². The molecule has 3 N–H and O–H groups in total. The lowest BCUT2D eigenvalue weighted by Crippen LogP contribution is -2.30. The van der Waals surface area contributed by atoms with Crippen molar-refractivity contribution < 1.29 is 9.21 Å². The molecule has 2 aromatic heterocycles. The molecule has 2 heterocycles. The second-order valence-electron chi connectivity index (χ2n) is 3.95. The molecule has 0 spiro atoms. The second-order valence-corrected chi connectivity index (χ2v) is 4.90. The van der Waals surface area contributed by atoms with E-state index in [2.05, 4.69) is 15.4 Å². The standard InChI is InChI=1S/C12H14N4O2S/c1-7-5-8(2)15-12(14-7)19-6-10-9(3-4-18-10)11(17)16-13/h3-5H,6,13H2,1-2H3,(H,16,17). The highest BCUT2D eigenvalue weighted by molar-refractivity contribution is 7.98. The van der Waals surface area contributed by atoms with Gasteiger partial charge in [0.2, 0.25) is 0 Å². The molecule has 0 fully saturated rings. The number of aromatic nitrogens is 2. The molecule has 0 bridgehead atoms. The second kappa shape index (κ2) is 5.85. The van der Waals surface area contributed by atoms with Crippen LogP contribution in [0.15, 0.2) is 28.0 Å². The minimum Gasteiger partial charge on any atom is -0.468 e. The summed E-state index contributed by atoms with van der Waals surface area (Å²) in [6.45, 7) is 3.83. The average molecular weight is 278 g/mol. The first-order valence-corrected chi connectivity index (χ1v) is 6.61. The number of furan rings is 1. The summed E-state index contributed by atoms with van der Waals surface area (Å²) in [5, 5.41) is 0.660. The molecule has 1 amide bonds. The fourth-order valence-corrected chi connectivity index (χ4v) is 2.52. The topological polar surface area (TPSA) is 94.0 Å². The highest BCUT2D eigenvalue weighted by atomic mass is 32.2. The minimum absolute atomic E-state index is 0.370. The zero-order valence-electron chi connectivity index (χ0n) is 10.6. The summed E-state index contributed by atoms with van der Waals surface area (Å²) in [5.74, 6) is 5.76. The Kier molecular flexibility index (Phi) is 4.18. The van der Waals surface area contributed by atoms with Crippen molar-refractivity contribution in [1.82, 2.24) is 15.4 Å². The van der Waals surface area contributed by atoms with Gasteiger partial charge < -0.3 is 4.42 Å². The number of aryl methyl sites for hydroxylation is 2. The number of nitrogens with two attached hydrogens (primary N) is 1. The lowest BCUT2D eigenvalue weighted by atomic mass is 10.2. The molecule has 2 rings (SSSR count). The number of hydrogen-bond acceptors (Lipinski definition) is 6. The van der Waals surface area contributed by atoms with Crippen LogP contribution in [0, 0.1) is 13.8 Å². The summed E-state index contributed by atoms with van der Waals surface area (Å²) in [5.41, 5.74) is 4.34. The van der Waals surface area contributed by atoms with Crippen molar-refractivity contribution in [3.63, 3.8) is 0 Å². The Balaban J connectivity index is 2.10. The van der Waals surface area contributed by atoms with Crippen LogP contribution in [0.5, 0.6) is 0 Å². The van der Waals surface area contributed by atoms with Crippen molar-refractivity contribution in [1.29, 1.82) is 0 Å². The van der Waals surface area contributed by atoms with Gasteiger partial charge in [-0.2, -0.15) is 0 Å². The molecule has 0 saturated heterocycles. The van der Waals surface area contributed by atoms with Gasteiger partial charge in [0.25, 0.3) is 5.91 Å². The minimum atomic E-state index is -0.370. The van der Waals surface area contributed by atoms with E-state index in [-0.39, 0.29) is 5.91 Å². The summed E-state index contributed by atoms with van der Waals surface area (Å²) >= 11 is 1.41. The molecule has 0 aromatic carbocycles. The number of carbonyl (C=O) groups excluding carboxylic acids is 1. The van der Waals surface area contributed by atoms with Gasteiger partial charge in [0, 0.05) is 11.4 Å². The first-order valence-electron chi connectivity index (χ1n) is 5.62. The number of rotatable bonds is 4. The van der Waals surface area contributed by atoms with E-state index < -0.39 is 0 Å². The third-order valence-corrected chi connectivity index (χ3v) is 3.26. The molecule has 0 unspecified atom stereocenters. The molecule has 2 aromatic rings. The van der Waals surface area contributed by atoms with Gasteiger partial charge in [-0.05, 0) is 26.0 Å². The molecule has 0 atom stereocenters. The van der Waals surface area contributed by atoms with Gasteiger partial charge in [-0.1, -0.05) is 11.8 Å². The Morgan fingerprint density at radius 2 is 2.11 bits per heavy atom. The SMILES string of the molecule is Cc1cc(C)nc(SCc2occc2C(=O)NN)n1. The van der Waals surface area contributed by atoms with Crippen LogP contribution in [-0.4, -0.2) is 15.9 Å². The van der Waals surface area contributed by atoms with Gasteiger partial charge in [-0.25, -0.2) is 15.8 Å². The summed E-state index contributed by atoms with van der Waals surface area (Å²) in [4.78, 5) is 20.1. The van der Waals surface area contributed by atoms with Crippen LogP contribution >= 0.6 is 11.8 Å². The Labute approximate surface area is 114 Å². The first kappa shape index (κ1) is 13.6. The molecule has 0 aliphatic carbocycles. The van der Waals surface area contributed by atoms with Crippen LogP contribution in [0.3, 0.4) is 0 Å². The van der Waals surface area contributed by atoms with Crippen molar-refractivity contribution >= 4 is 17.7 Å². The van der Waals surface area contributed by atoms with Crippen LogP contribution in [0.1, 0.15) is 27.5 Å². The first-order chi connectivity index (χ1) is 9.10. The smallest absolute Gasteiger partial charge is 0.268 e. The third-order valence-electron chi connectivity index (χ3n) is 2.42. The third kappa shape index (κ3) is 3.33. The van der Waals surface area contributed by atoms with Crippen LogP contribution in [-0.2, 0) is 5.75 Å². The number of nitrogens with one attached hydrogen (secondary N) is 1. The predicted molar refractivity (Wildman–Crippen MR) is 71.4 cm³/mol. The van der Waals surface area contributed by atoms with E-state index in [1.165, 1.54) is 18.0 Å². The Morgan fingerprint density at radius 1 is 1.42 bits per heavy atom. The number of hydrazine groups is 1. The van der Waals surface area contributed by atoms with E-state index in [1.807, 2.05) is 19.9 Å². The molecule has 0 aliphatic heterocycles. The highest BCUT2D eigenvalue weighted by Crippen LogP contribution is 2.22. The van der Waals surface area contributed by atoms with Crippen LogP contribution in [0.25, 0.3) is 0 Å². The lowest BCUT2D eigenvalue weighted by molar-refractivity contribution is 0.0952. The molecule has 0 radical (unpaired) electrons. The molecule has 7 heteroatoms. The van der Waals surface area contributed by atoms with E-state index in [1.54, 1.807) is 6.07 Å². The zero-order chi connectivity index (χ0) is 13.8. The summed E-state index contributed by atoms with van der Waals surface area (Å²) in [7, 11) is 0. The highest BCUT2D eigenvalue weighted by Gasteiger charge is 2.14. The molecular formula is C12H14N4O2S. The Bertz CT molecular complexity index is 577. The number of thioether (sulfide) groups is 1. The predicted octanol–water partition coefficient (Wildman–Crippen LogP) is 1.58.